The predicted octanol–water partition coefficient (Wildman–Crippen LogP) is 2.49. The average molecular weight is 255 g/mol. The first-order valence-electron chi connectivity index (χ1n) is 5.08. The van der Waals surface area contributed by atoms with Crippen LogP contribution in [0.1, 0.15) is 5.76 Å². The Balaban J connectivity index is 0.00000144. The minimum atomic E-state index is 0. The molecular formula is C12H15ClN2O2. The molecule has 0 saturated carbocycles. The Kier molecular flexibility index (Phi) is 5.00. The molecule has 1 heterocycles. The number of halogens is 1. The molecule has 1 N–H and O–H groups in total. The lowest BCUT2D eigenvalue weighted by Gasteiger charge is -1.99. The highest BCUT2D eigenvalue weighted by Crippen LogP contribution is 2.21. The molecule has 92 valence electrons. The molecule has 0 saturated heterocycles. The van der Waals surface area contributed by atoms with E-state index < -0.39 is 0 Å². The summed E-state index contributed by atoms with van der Waals surface area (Å²) in [6.45, 7) is 0.684. The van der Waals surface area contributed by atoms with Crippen molar-refractivity contribution in [2.45, 2.75) is 6.54 Å². The Morgan fingerprint density at radius 1 is 1.29 bits per heavy atom. The number of rotatable bonds is 4. The number of hydrogen-bond acceptors (Lipinski definition) is 4. The molecule has 0 fully saturated rings. The normalized spacial score (nSPS) is 9.76. The first-order chi connectivity index (χ1) is 7.83. The van der Waals surface area contributed by atoms with Gasteiger partial charge in [-0.2, -0.15) is 0 Å². The maximum absolute atomic E-state index is 5.17. The second-order valence-corrected chi connectivity index (χ2v) is 3.44. The summed E-state index contributed by atoms with van der Waals surface area (Å²) < 4.78 is 10.3. The van der Waals surface area contributed by atoms with Gasteiger partial charge in [-0.05, 0) is 31.3 Å². The van der Waals surface area contributed by atoms with Crippen LogP contribution in [0.5, 0.6) is 5.75 Å². The maximum Gasteiger partial charge on any atom is 0.151 e. The molecule has 0 amide bonds. The number of nitrogens with zero attached hydrogens (tertiary/aromatic N) is 1. The van der Waals surface area contributed by atoms with E-state index in [9.17, 15) is 0 Å². The minimum absolute atomic E-state index is 0. The van der Waals surface area contributed by atoms with Gasteiger partial charge >= 0.3 is 0 Å². The van der Waals surface area contributed by atoms with Crippen molar-refractivity contribution in [2.75, 3.05) is 14.2 Å². The van der Waals surface area contributed by atoms with Crippen molar-refractivity contribution in [3.63, 3.8) is 0 Å². The van der Waals surface area contributed by atoms with E-state index in [1.807, 2.05) is 37.4 Å². The van der Waals surface area contributed by atoms with Gasteiger partial charge in [0, 0.05) is 11.6 Å². The number of nitrogens with one attached hydrogen (secondary N) is 1. The maximum atomic E-state index is 5.17. The molecule has 2 rings (SSSR count). The summed E-state index contributed by atoms with van der Waals surface area (Å²) in [7, 11) is 3.52. The smallest absolute Gasteiger partial charge is 0.151 e. The van der Waals surface area contributed by atoms with Crippen LogP contribution < -0.4 is 10.1 Å². The molecule has 4 nitrogen and oxygen atoms in total. The monoisotopic (exact) mass is 254 g/mol. The predicted molar refractivity (Wildman–Crippen MR) is 68.5 cm³/mol. The van der Waals surface area contributed by atoms with Crippen LogP contribution in [0, 0.1) is 0 Å². The zero-order valence-corrected chi connectivity index (χ0v) is 10.6. The van der Waals surface area contributed by atoms with Gasteiger partial charge in [-0.1, -0.05) is 5.16 Å². The molecule has 5 heteroatoms. The number of benzene rings is 1. The van der Waals surface area contributed by atoms with Crippen LogP contribution in [0.4, 0.5) is 0 Å². The Hall–Kier alpha value is -1.52. The van der Waals surface area contributed by atoms with E-state index in [1.54, 1.807) is 7.11 Å². The fraction of sp³-hybridized carbons (Fsp3) is 0.250. The van der Waals surface area contributed by atoms with Crippen LogP contribution >= 0.6 is 12.4 Å². The van der Waals surface area contributed by atoms with E-state index in [2.05, 4.69) is 10.5 Å². The van der Waals surface area contributed by atoms with Crippen LogP contribution in [0.25, 0.3) is 11.3 Å². The highest BCUT2D eigenvalue weighted by atomic mass is 35.5. The second-order valence-electron chi connectivity index (χ2n) is 3.44. The summed E-state index contributed by atoms with van der Waals surface area (Å²) in [6, 6.07) is 9.65. The number of hydrogen-bond donors (Lipinski definition) is 1. The molecule has 0 bridgehead atoms. The molecule has 0 aliphatic heterocycles. The topological polar surface area (TPSA) is 47.3 Å². The lowest BCUT2D eigenvalue weighted by atomic mass is 10.1. The van der Waals surface area contributed by atoms with Crippen molar-refractivity contribution in [2.24, 2.45) is 0 Å². The third kappa shape index (κ3) is 3.22. The van der Waals surface area contributed by atoms with Crippen molar-refractivity contribution >= 4 is 12.4 Å². The van der Waals surface area contributed by atoms with Gasteiger partial charge in [0.05, 0.1) is 13.7 Å². The molecule has 0 aliphatic carbocycles. The van der Waals surface area contributed by atoms with Crippen molar-refractivity contribution in [3.8, 4) is 17.0 Å². The van der Waals surface area contributed by atoms with Crippen molar-refractivity contribution in [1.29, 1.82) is 0 Å². The highest BCUT2D eigenvalue weighted by molar-refractivity contribution is 5.85. The van der Waals surface area contributed by atoms with Gasteiger partial charge in [-0.3, -0.25) is 0 Å². The molecule has 0 unspecified atom stereocenters. The summed E-state index contributed by atoms with van der Waals surface area (Å²) in [5, 5.41) is 7.02. The highest BCUT2D eigenvalue weighted by Gasteiger charge is 2.05. The van der Waals surface area contributed by atoms with E-state index >= 15 is 0 Å². The van der Waals surface area contributed by atoms with Crippen molar-refractivity contribution in [3.05, 3.63) is 36.1 Å². The van der Waals surface area contributed by atoms with Gasteiger partial charge in [-0.15, -0.1) is 12.4 Å². The quantitative estimate of drug-likeness (QED) is 0.911. The van der Waals surface area contributed by atoms with E-state index in [1.165, 1.54) is 0 Å². The van der Waals surface area contributed by atoms with Gasteiger partial charge < -0.3 is 14.6 Å². The fourth-order valence-electron chi connectivity index (χ4n) is 1.47. The molecule has 1 aromatic carbocycles. The van der Waals surface area contributed by atoms with Gasteiger partial charge in [0.25, 0.3) is 0 Å². The number of methoxy groups -OCH3 is 1. The first kappa shape index (κ1) is 13.5. The van der Waals surface area contributed by atoms with Crippen LogP contribution in [-0.4, -0.2) is 19.3 Å². The SMILES string of the molecule is CNCc1cc(-c2ccc(OC)cc2)no1.Cl. The first-order valence-corrected chi connectivity index (χ1v) is 5.08. The Morgan fingerprint density at radius 2 is 2.00 bits per heavy atom. The molecule has 0 spiro atoms. The van der Waals surface area contributed by atoms with Gasteiger partial charge in [0.15, 0.2) is 5.76 Å². The summed E-state index contributed by atoms with van der Waals surface area (Å²) in [6.07, 6.45) is 0. The Morgan fingerprint density at radius 3 is 2.59 bits per heavy atom. The third-order valence-corrected chi connectivity index (χ3v) is 2.30. The molecule has 17 heavy (non-hydrogen) atoms. The van der Waals surface area contributed by atoms with Gasteiger partial charge in [0.2, 0.25) is 0 Å². The molecule has 0 radical (unpaired) electrons. The largest absolute Gasteiger partial charge is 0.497 e. The summed E-state index contributed by atoms with van der Waals surface area (Å²) >= 11 is 0. The van der Waals surface area contributed by atoms with E-state index in [0.717, 1.165) is 22.8 Å². The molecule has 0 aliphatic rings. The molecular weight excluding hydrogens is 240 g/mol. The van der Waals surface area contributed by atoms with Crippen LogP contribution in [0.3, 0.4) is 0 Å². The van der Waals surface area contributed by atoms with Gasteiger partial charge in [-0.25, -0.2) is 0 Å². The zero-order chi connectivity index (χ0) is 11.4. The van der Waals surface area contributed by atoms with Crippen LogP contribution in [0.2, 0.25) is 0 Å². The Bertz CT molecular complexity index is 454. The van der Waals surface area contributed by atoms with E-state index in [0.29, 0.717) is 6.54 Å². The van der Waals surface area contributed by atoms with Crippen LogP contribution in [0.15, 0.2) is 34.9 Å². The summed E-state index contributed by atoms with van der Waals surface area (Å²) in [5.74, 6) is 1.66. The lowest BCUT2D eigenvalue weighted by Crippen LogP contribution is -2.03. The molecule has 0 atom stereocenters. The second kappa shape index (κ2) is 6.27. The van der Waals surface area contributed by atoms with Gasteiger partial charge in [0.1, 0.15) is 11.4 Å². The van der Waals surface area contributed by atoms with Crippen molar-refractivity contribution < 1.29 is 9.26 Å². The standard InChI is InChI=1S/C12H14N2O2.ClH/c1-13-8-11-7-12(14-16-11)9-3-5-10(15-2)6-4-9;/h3-7,13H,8H2,1-2H3;1H. The minimum Gasteiger partial charge on any atom is -0.497 e. The Labute approximate surface area is 106 Å². The third-order valence-electron chi connectivity index (χ3n) is 2.30. The zero-order valence-electron chi connectivity index (χ0n) is 9.77. The van der Waals surface area contributed by atoms with E-state index in [4.69, 9.17) is 9.26 Å². The average Bonchev–Trinajstić information content (AvgIpc) is 2.78. The number of ether oxygens (including phenoxy) is 1. The van der Waals surface area contributed by atoms with E-state index in [-0.39, 0.29) is 12.4 Å². The van der Waals surface area contributed by atoms with Crippen molar-refractivity contribution in [1.82, 2.24) is 10.5 Å². The van der Waals surface area contributed by atoms with Crippen LogP contribution in [-0.2, 0) is 6.54 Å². The summed E-state index contributed by atoms with van der Waals surface area (Å²) in [5.41, 5.74) is 1.86. The lowest BCUT2D eigenvalue weighted by molar-refractivity contribution is 0.379. The molecule has 2 aromatic rings. The summed E-state index contributed by atoms with van der Waals surface area (Å²) in [4.78, 5) is 0. The fourth-order valence-corrected chi connectivity index (χ4v) is 1.47. The number of aromatic nitrogens is 1. The molecule has 1 aromatic heterocycles.